The van der Waals surface area contributed by atoms with E-state index in [-0.39, 0.29) is 11.4 Å². The van der Waals surface area contributed by atoms with E-state index in [9.17, 15) is 9.50 Å². The van der Waals surface area contributed by atoms with Gasteiger partial charge in [-0.1, -0.05) is 6.07 Å². The topological polar surface area (TPSA) is 79.6 Å². The predicted octanol–water partition coefficient (Wildman–Crippen LogP) is 1.78. The second kappa shape index (κ2) is 5.76. The van der Waals surface area contributed by atoms with Gasteiger partial charge in [-0.15, -0.1) is 0 Å². The number of ether oxygens (including phenoxy) is 1. The monoisotopic (exact) mass is 262 g/mol. The van der Waals surface area contributed by atoms with E-state index in [1.807, 2.05) is 0 Å². The first-order valence-corrected chi connectivity index (χ1v) is 5.34. The third-order valence-corrected chi connectivity index (χ3v) is 2.25. The zero-order valence-corrected chi connectivity index (χ0v) is 10.0. The molecule has 1 aromatic carbocycles. The lowest BCUT2D eigenvalue weighted by molar-refractivity contribution is 0.398. The molecule has 0 aliphatic rings. The number of hydrazone groups is 1. The maximum Gasteiger partial charge on any atom is 0.258 e. The molecule has 19 heavy (non-hydrogen) atoms. The van der Waals surface area contributed by atoms with Gasteiger partial charge in [0.15, 0.2) is 11.6 Å². The average Bonchev–Trinajstić information content (AvgIpc) is 2.44. The molecule has 0 amide bonds. The number of hydrogen-bond donors (Lipinski definition) is 2. The largest absolute Gasteiger partial charge is 0.504 e. The minimum atomic E-state index is -0.707. The van der Waals surface area contributed by atoms with Crippen LogP contribution in [-0.2, 0) is 0 Å². The van der Waals surface area contributed by atoms with Crippen LogP contribution in [0.3, 0.4) is 0 Å². The molecule has 0 atom stereocenters. The molecule has 0 saturated heterocycles. The Labute approximate surface area is 108 Å². The quantitative estimate of drug-likeness (QED) is 0.648. The van der Waals surface area contributed by atoms with E-state index in [2.05, 4.69) is 20.5 Å². The lowest BCUT2D eigenvalue weighted by Crippen LogP contribution is -1.99. The number of anilines is 1. The van der Waals surface area contributed by atoms with Crippen molar-refractivity contribution in [2.75, 3.05) is 12.5 Å². The number of halogens is 1. The van der Waals surface area contributed by atoms with Crippen LogP contribution in [0.4, 0.5) is 10.2 Å². The molecule has 7 heteroatoms. The number of aromatic hydroxyl groups is 1. The summed E-state index contributed by atoms with van der Waals surface area (Å²) in [5.74, 6) is -0.569. The summed E-state index contributed by atoms with van der Waals surface area (Å²) in [5, 5.41) is 13.3. The van der Waals surface area contributed by atoms with Crippen LogP contribution >= 0.6 is 0 Å². The van der Waals surface area contributed by atoms with Crippen LogP contribution in [0.5, 0.6) is 11.6 Å². The van der Waals surface area contributed by atoms with Gasteiger partial charge in [-0.25, -0.2) is 14.4 Å². The van der Waals surface area contributed by atoms with Gasteiger partial charge < -0.3 is 9.84 Å². The first-order valence-electron chi connectivity index (χ1n) is 5.34. The number of nitrogens with one attached hydrogen (secondary N) is 1. The van der Waals surface area contributed by atoms with Gasteiger partial charge in [-0.3, -0.25) is 5.43 Å². The summed E-state index contributed by atoms with van der Waals surface area (Å²) in [6.07, 6.45) is 4.22. The van der Waals surface area contributed by atoms with Crippen molar-refractivity contribution in [2.45, 2.75) is 0 Å². The zero-order valence-electron chi connectivity index (χ0n) is 10.0. The fourth-order valence-electron chi connectivity index (χ4n) is 1.35. The molecule has 0 unspecified atom stereocenters. The third kappa shape index (κ3) is 2.95. The van der Waals surface area contributed by atoms with Crippen LogP contribution in [0.1, 0.15) is 5.56 Å². The predicted molar refractivity (Wildman–Crippen MR) is 67.9 cm³/mol. The number of rotatable bonds is 4. The van der Waals surface area contributed by atoms with Gasteiger partial charge in [-0.2, -0.15) is 5.10 Å². The third-order valence-electron chi connectivity index (χ3n) is 2.25. The molecule has 98 valence electrons. The Hall–Kier alpha value is -2.70. The van der Waals surface area contributed by atoms with Gasteiger partial charge in [0.2, 0.25) is 5.82 Å². The molecular weight excluding hydrogens is 251 g/mol. The van der Waals surface area contributed by atoms with E-state index in [1.54, 1.807) is 0 Å². The normalized spacial score (nSPS) is 10.6. The van der Waals surface area contributed by atoms with Crippen LogP contribution in [0.25, 0.3) is 0 Å². The first kappa shape index (κ1) is 12.7. The molecular formula is C12H11FN4O2. The second-order valence-corrected chi connectivity index (χ2v) is 3.46. The molecule has 2 rings (SSSR count). The van der Waals surface area contributed by atoms with Crippen LogP contribution in [-0.4, -0.2) is 28.4 Å². The Morgan fingerprint density at radius 1 is 1.37 bits per heavy atom. The van der Waals surface area contributed by atoms with Crippen LogP contribution < -0.4 is 10.2 Å². The molecule has 0 aliphatic heterocycles. The highest BCUT2D eigenvalue weighted by molar-refractivity contribution is 5.83. The van der Waals surface area contributed by atoms with Gasteiger partial charge in [0.1, 0.15) is 0 Å². The van der Waals surface area contributed by atoms with E-state index in [0.717, 1.165) is 6.07 Å². The van der Waals surface area contributed by atoms with Gasteiger partial charge in [-0.05, 0) is 12.1 Å². The van der Waals surface area contributed by atoms with Gasteiger partial charge in [0.05, 0.1) is 13.3 Å². The van der Waals surface area contributed by atoms with E-state index in [0.29, 0.717) is 5.82 Å². The Morgan fingerprint density at radius 3 is 2.95 bits per heavy atom. The number of methoxy groups -OCH3 is 1. The standard InChI is InChI=1S/C12H11FN4O2/c1-19-12-11(14-5-6-15-12)17-16-7-8-3-2-4-9(13)10(8)18/h2-7,18H,1H3,(H,14,17)/b16-7+. The van der Waals surface area contributed by atoms with Crippen LogP contribution in [0, 0.1) is 5.82 Å². The van der Waals surface area contributed by atoms with Crippen molar-refractivity contribution in [3.63, 3.8) is 0 Å². The lowest BCUT2D eigenvalue weighted by atomic mass is 10.2. The van der Waals surface area contributed by atoms with E-state index in [1.165, 1.54) is 37.9 Å². The van der Waals surface area contributed by atoms with E-state index in [4.69, 9.17) is 4.74 Å². The minimum Gasteiger partial charge on any atom is -0.504 e. The number of phenolic OH excluding ortho intramolecular Hbond substituents is 1. The lowest BCUT2D eigenvalue weighted by Gasteiger charge is -2.04. The minimum absolute atomic E-state index is 0.246. The molecule has 6 nitrogen and oxygen atoms in total. The zero-order chi connectivity index (χ0) is 13.7. The summed E-state index contributed by atoms with van der Waals surface area (Å²) < 4.78 is 18.0. The summed E-state index contributed by atoms with van der Waals surface area (Å²) >= 11 is 0. The molecule has 0 spiro atoms. The van der Waals surface area contributed by atoms with Crippen molar-refractivity contribution >= 4 is 12.0 Å². The van der Waals surface area contributed by atoms with Crippen molar-refractivity contribution < 1.29 is 14.2 Å². The summed E-state index contributed by atoms with van der Waals surface area (Å²) in [4.78, 5) is 7.90. The number of benzene rings is 1. The van der Waals surface area contributed by atoms with Crippen molar-refractivity contribution in [1.82, 2.24) is 9.97 Å². The maximum atomic E-state index is 13.1. The maximum absolute atomic E-state index is 13.1. The highest BCUT2D eigenvalue weighted by atomic mass is 19.1. The van der Waals surface area contributed by atoms with E-state index >= 15 is 0 Å². The number of phenols is 1. The fraction of sp³-hybridized carbons (Fsp3) is 0.0833. The van der Waals surface area contributed by atoms with Crippen molar-refractivity contribution in [3.8, 4) is 11.6 Å². The summed E-state index contributed by atoms with van der Waals surface area (Å²) in [5.41, 5.74) is 2.84. The Bertz CT molecular complexity index is 604. The van der Waals surface area contributed by atoms with Gasteiger partial charge in [0.25, 0.3) is 5.88 Å². The van der Waals surface area contributed by atoms with Crippen molar-refractivity contribution in [2.24, 2.45) is 5.10 Å². The van der Waals surface area contributed by atoms with Crippen molar-refractivity contribution in [3.05, 3.63) is 42.0 Å². The molecule has 0 bridgehead atoms. The molecule has 0 saturated carbocycles. The smallest absolute Gasteiger partial charge is 0.258 e. The SMILES string of the molecule is COc1nccnc1N/N=C/c1cccc(F)c1O. The Balaban J connectivity index is 2.14. The van der Waals surface area contributed by atoms with E-state index < -0.39 is 11.6 Å². The molecule has 2 N–H and O–H groups in total. The number of para-hydroxylation sites is 1. The fourth-order valence-corrected chi connectivity index (χ4v) is 1.35. The second-order valence-electron chi connectivity index (χ2n) is 3.46. The summed E-state index contributed by atoms with van der Waals surface area (Å²) in [6, 6.07) is 4.16. The van der Waals surface area contributed by atoms with Crippen LogP contribution in [0.15, 0.2) is 35.7 Å². The van der Waals surface area contributed by atoms with Crippen molar-refractivity contribution in [1.29, 1.82) is 0 Å². The molecule has 1 aromatic heterocycles. The molecule has 0 radical (unpaired) electrons. The molecule has 0 fully saturated rings. The number of nitrogens with zero attached hydrogens (tertiary/aromatic N) is 3. The molecule has 2 aromatic rings. The number of hydrogen-bond acceptors (Lipinski definition) is 6. The summed E-state index contributed by atoms with van der Waals surface area (Å²) in [6.45, 7) is 0. The highest BCUT2D eigenvalue weighted by Gasteiger charge is 2.05. The number of aromatic nitrogens is 2. The van der Waals surface area contributed by atoms with Crippen LogP contribution in [0.2, 0.25) is 0 Å². The highest BCUT2D eigenvalue weighted by Crippen LogP contribution is 2.19. The van der Waals surface area contributed by atoms with Gasteiger partial charge in [0, 0.05) is 18.0 Å². The molecule has 0 aliphatic carbocycles. The average molecular weight is 262 g/mol. The summed E-state index contributed by atoms with van der Waals surface area (Å²) in [7, 11) is 1.46. The first-order chi connectivity index (χ1) is 9.22. The van der Waals surface area contributed by atoms with Gasteiger partial charge >= 0.3 is 0 Å². The Morgan fingerprint density at radius 2 is 2.16 bits per heavy atom. The molecule has 1 heterocycles. The Kier molecular flexibility index (Phi) is 3.87.